The van der Waals surface area contributed by atoms with Crippen LogP contribution in [0.4, 0.5) is 5.13 Å². The molecule has 0 saturated carbocycles. The predicted molar refractivity (Wildman–Crippen MR) is 88.4 cm³/mol. The van der Waals surface area contributed by atoms with Crippen LogP contribution in [0.3, 0.4) is 0 Å². The van der Waals surface area contributed by atoms with Crippen LogP contribution in [0, 0.1) is 0 Å². The first-order valence-electron chi connectivity index (χ1n) is 7.38. The molecule has 4 nitrogen and oxygen atoms in total. The van der Waals surface area contributed by atoms with E-state index in [1.807, 2.05) is 25.2 Å². The number of thiazole rings is 1. The van der Waals surface area contributed by atoms with E-state index in [-0.39, 0.29) is 5.56 Å². The lowest BCUT2D eigenvalue weighted by molar-refractivity contribution is 0.577. The number of hydrogen-bond acceptors (Lipinski definition) is 4. The summed E-state index contributed by atoms with van der Waals surface area (Å²) in [5, 5.41) is 2.24. The van der Waals surface area contributed by atoms with Crippen molar-refractivity contribution in [2.24, 2.45) is 7.05 Å². The molecule has 2 aromatic heterocycles. The van der Waals surface area contributed by atoms with E-state index in [0.717, 1.165) is 34.6 Å². The van der Waals surface area contributed by atoms with Gasteiger partial charge >= 0.3 is 0 Å². The smallest absolute Gasteiger partial charge is 0.250 e. The second-order valence-electron chi connectivity index (χ2n) is 5.62. The van der Waals surface area contributed by atoms with Gasteiger partial charge in [0.15, 0.2) is 5.13 Å². The van der Waals surface area contributed by atoms with E-state index < -0.39 is 0 Å². The summed E-state index contributed by atoms with van der Waals surface area (Å²) >= 11 is 1.75. The maximum atomic E-state index is 11.8. The van der Waals surface area contributed by atoms with Crippen LogP contribution in [0.1, 0.15) is 19.3 Å². The van der Waals surface area contributed by atoms with E-state index in [2.05, 4.69) is 4.90 Å². The second-order valence-corrected chi connectivity index (χ2v) is 6.60. The fourth-order valence-electron chi connectivity index (χ4n) is 3.05. The first-order chi connectivity index (χ1) is 10.2. The van der Waals surface area contributed by atoms with Crippen molar-refractivity contribution in [3.05, 3.63) is 34.6 Å². The lowest BCUT2D eigenvalue weighted by Gasteiger charge is -2.25. The lowest BCUT2D eigenvalue weighted by atomic mass is 10.1. The summed E-state index contributed by atoms with van der Waals surface area (Å²) in [5.41, 5.74) is 2.04. The molecule has 0 aliphatic carbocycles. The van der Waals surface area contributed by atoms with Crippen molar-refractivity contribution >= 4 is 37.6 Å². The molecule has 1 aliphatic rings. The highest BCUT2D eigenvalue weighted by Crippen LogP contribution is 2.34. The molecule has 0 spiro atoms. The molecule has 0 atom stereocenters. The van der Waals surface area contributed by atoms with Crippen LogP contribution in [0.15, 0.2) is 29.1 Å². The summed E-state index contributed by atoms with van der Waals surface area (Å²) in [4.78, 5) is 19.0. The van der Waals surface area contributed by atoms with Gasteiger partial charge < -0.3 is 9.47 Å². The van der Waals surface area contributed by atoms with Gasteiger partial charge in [0.05, 0.1) is 15.7 Å². The zero-order valence-electron chi connectivity index (χ0n) is 12.0. The minimum absolute atomic E-state index is 0.0302. The molecule has 1 aliphatic heterocycles. The maximum Gasteiger partial charge on any atom is 0.250 e. The minimum atomic E-state index is 0.0302. The van der Waals surface area contributed by atoms with Crippen LogP contribution in [-0.4, -0.2) is 22.6 Å². The van der Waals surface area contributed by atoms with Crippen LogP contribution in [0.2, 0.25) is 0 Å². The van der Waals surface area contributed by atoms with Crippen LogP contribution < -0.4 is 10.5 Å². The van der Waals surface area contributed by atoms with E-state index in [1.165, 1.54) is 24.0 Å². The van der Waals surface area contributed by atoms with Crippen LogP contribution >= 0.6 is 11.3 Å². The van der Waals surface area contributed by atoms with Gasteiger partial charge in [-0.15, -0.1) is 0 Å². The number of fused-ring (bicyclic) bond motifs is 3. The van der Waals surface area contributed by atoms with Crippen LogP contribution in [-0.2, 0) is 7.05 Å². The van der Waals surface area contributed by atoms with Crippen molar-refractivity contribution in [1.29, 1.82) is 0 Å². The zero-order valence-corrected chi connectivity index (χ0v) is 12.8. The van der Waals surface area contributed by atoms with Crippen molar-refractivity contribution in [1.82, 2.24) is 9.55 Å². The number of aromatic nitrogens is 2. The fraction of sp³-hybridized carbons (Fsp3) is 0.375. The third kappa shape index (κ3) is 2.03. The molecule has 5 heteroatoms. The Morgan fingerprint density at radius 1 is 1.10 bits per heavy atom. The summed E-state index contributed by atoms with van der Waals surface area (Å²) in [6.45, 7) is 2.21. The van der Waals surface area contributed by atoms with Crippen molar-refractivity contribution in [2.75, 3.05) is 18.0 Å². The van der Waals surface area contributed by atoms with Gasteiger partial charge in [0.1, 0.15) is 0 Å². The quantitative estimate of drug-likeness (QED) is 0.693. The number of rotatable bonds is 1. The van der Waals surface area contributed by atoms with Gasteiger partial charge in [0.2, 0.25) is 0 Å². The summed E-state index contributed by atoms with van der Waals surface area (Å²) in [5.74, 6) is 0. The van der Waals surface area contributed by atoms with Crippen LogP contribution in [0.5, 0.6) is 0 Å². The fourth-order valence-corrected chi connectivity index (χ4v) is 4.19. The van der Waals surface area contributed by atoms with Crippen LogP contribution in [0.25, 0.3) is 21.1 Å². The largest absolute Gasteiger partial charge is 0.348 e. The Balaban J connectivity index is 1.92. The number of hydrogen-bond donors (Lipinski definition) is 0. The lowest BCUT2D eigenvalue weighted by Crippen LogP contribution is -2.29. The Morgan fingerprint density at radius 3 is 2.71 bits per heavy atom. The first kappa shape index (κ1) is 12.8. The molecule has 1 saturated heterocycles. The van der Waals surface area contributed by atoms with E-state index in [9.17, 15) is 4.79 Å². The highest BCUT2D eigenvalue weighted by atomic mass is 32.1. The molecule has 0 bridgehead atoms. The molecule has 4 rings (SSSR count). The Morgan fingerprint density at radius 2 is 1.90 bits per heavy atom. The Hall–Kier alpha value is -1.88. The normalized spacial score (nSPS) is 16.0. The second kappa shape index (κ2) is 4.84. The summed E-state index contributed by atoms with van der Waals surface area (Å²) in [6.07, 6.45) is 3.84. The number of nitrogens with zero attached hydrogens (tertiary/aromatic N) is 3. The molecule has 0 N–H and O–H groups in total. The zero-order chi connectivity index (χ0) is 14.4. The molecular formula is C16H17N3OS. The van der Waals surface area contributed by atoms with Crippen molar-refractivity contribution in [2.45, 2.75) is 19.3 Å². The average molecular weight is 299 g/mol. The topological polar surface area (TPSA) is 38.1 Å². The molecule has 0 radical (unpaired) electrons. The van der Waals surface area contributed by atoms with Gasteiger partial charge in [-0.1, -0.05) is 11.3 Å². The van der Waals surface area contributed by atoms with E-state index in [4.69, 9.17) is 4.98 Å². The average Bonchev–Trinajstić information content (AvgIpc) is 2.96. The molecule has 1 fully saturated rings. The Bertz CT molecular complexity index is 874. The van der Waals surface area contributed by atoms with Gasteiger partial charge in [0, 0.05) is 31.6 Å². The predicted octanol–water partition coefficient (Wildman–Crippen LogP) is 3.14. The highest BCUT2D eigenvalue weighted by molar-refractivity contribution is 7.23. The number of piperidine rings is 1. The number of aryl methyl sites for hydroxylation is 1. The number of pyridine rings is 1. The third-order valence-corrected chi connectivity index (χ3v) is 5.44. The molecule has 21 heavy (non-hydrogen) atoms. The van der Waals surface area contributed by atoms with Crippen molar-refractivity contribution < 1.29 is 0 Å². The molecule has 0 amide bonds. The first-order valence-corrected chi connectivity index (χ1v) is 8.20. The van der Waals surface area contributed by atoms with E-state index in [0.29, 0.717) is 0 Å². The SMILES string of the molecule is Cn1c(=O)ccc2c3sc(N4CCCCC4)nc3ccc21. The monoisotopic (exact) mass is 299 g/mol. The maximum absolute atomic E-state index is 11.8. The standard InChI is InChI=1S/C16H17N3OS/c1-18-13-7-6-12-15(11(13)5-8-14(18)20)21-16(17-12)19-9-3-2-4-10-19/h5-8H,2-4,9-10H2,1H3. The Labute approximate surface area is 126 Å². The van der Waals surface area contributed by atoms with Gasteiger partial charge in [-0.25, -0.2) is 4.98 Å². The third-order valence-electron chi connectivity index (χ3n) is 4.27. The van der Waals surface area contributed by atoms with Gasteiger partial charge in [0.25, 0.3) is 5.56 Å². The molecule has 1 aromatic carbocycles. The Kier molecular flexibility index (Phi) is 2.96. The summed E-state index contributed by atoms with van der Waals surface area (Å²) in [6, 6.07) is 7.60. The molecule has 3 aromatic rings. The summed E-state index contributed by atoms with van der Waals surface area (Å²) in [7, 11) is 1.82. The molecule has 108 valence electrons. The molecule has 3 heterocycles. The van der Waals surface area contributed by atoms with Gasteiger partial charge in [-0.3, -0.25) is 4.79 Å². The van der Waals surface area contributed by atoms with E-state index in [1.54, 1.807) is 22.0 Å². The van der Waals surface area contributed by atoms with Crippen molar-refractivity contribution in [3.63, 3.8) is 0 Å². The minimum Gasteiger partial charge on any atom is -0.348 e. The van der Waals surface area contributed by atoms with Gasteiger partial charge in [-0.05, 0) is 37.5 Å². The molecular weight excluding hydrogens is 282 g/mol. The molecule has 0 unspecified atom stereocenters. The number of anilines is 1. The van der Waals surface area contributed by atoms with E-state index >= 15 is 0 Å². The summed E-state index contributed by atoms with van der Waals surface area (Å²) < 4.78 is 2.89. The number of benzene rings is 1. The highest BCUT2D eigenvalue weighted by Gasteiger charge is 2.16. The van der Waals surface area contributed by atoms with Crippen molar-refractivity contribution in [3.8, 4) is 0 Å². The van der Waals surface area contributed by atoms with Gasteiger partial charge in [-0.2, -0.15) is 0 Å².